The Kier molecular flexibility index (Phi) is 3.66. The Morgan fingerprint density at radius 2 is 1.90 bits per heavy atom. The number of nitrogens with two attached hydrogens (primary N) is 1. The summed E-state index contributed by atoms with van der Waals surface area (Å²) in [5.74, 6) is 1.74. The van der Waals surface area contributed by atoms with Crippen molar-refractivity contribution in [2.24, 2.45) is 5.73 Å². The highest BCUT2D eigenvalue weighted by atomic mass is 16.5. The second kappa shape index (κ2) is 5.76. The molecular formula is C16H15N3O2. The number of rotatable bonds is 4. The molecule has 2 aromatic carbocycles. The van der Waals surface area contributed by atoms with E-state index in [4.69, 9.17) is 15.0 Å². The second-order valence-corrected chi connectivity index (χ2v) is 4.50. The fourth-order valence-corrected chi connectivity index (χ4v) is 2.15. The topological polar surface area (TPSA) is 74.2 Å². The van der Waals surface area contributed by atoms with Crippen molar-refractivity contribution >= 4 is 0 Å². The molecule has 1 heterocycles. The van der Waals surface area contributed by atoms with Crippen LogP contribution in [-0.2, 0) is 6.54 Å². The molecule has 0 saturated carbocycles. The van der Waals surface area contributed by atoms with Crippen LogP contribution >= 0.6 is 0 Å². The summed E-state index contributed by atoms with van der Waals surface area (Å²) in [5, 5.41) is 3.94. The summed E-state index contributed by atoms with van der Waals surface area (Å²) in [6, 6.07) is 15.8. The van der Waals surface area contributed by atoms with E-state index in [2.05, 4.69) is 10.1 Å². The number of hydrogen-bond donors (Lipinski definition) is 1. The average Bonchev–Trinajstić information content (AvgIpc) is 3.04. The summed E-state index contributed by atoms with van der Waals surface area (Å²) >= 11 is 0. The Balaban J connectivity index is 2.08. The third-order valence-electron chi connectivity index (χ3n) is 3.19. The molecule has 0 saturated heterocycles. The first-order valence-corrected chi connectivity index (χ1v) is 6.58. The maximum absolute atomic E-state index is 5.49. The Labute approximate surface area is 122 Å². The van der Waals surface area contributed by atoms with E-state index in [1.54, 1.807) is 7.11 Å². The fourth-order valence-electron chi connectivity index (χ4n) is 2.15. The minimum absolute atomic E-state index is 0.231. The SMILES string of the molecule is COc1ccc(-c2noc(CN)n2)cc1-c1ccccc1. The minimum Gasteiger partial charge on any atom is -0.496 e. The van der Waals surface area contributed by atoms with Gasteiger partial charge in [-0.15, -0.1) is 0 Å². The standard InChI is InChI=1S/C16H15N3O2/c1-20-14-8-7-12(16-18-15(10-17)21-19-16)9-13(14)11-5-3-2-4-6-11/h2-9H,10,17H2,1H3. The van der Waals surface area contributed by atoms with Crippen molar-refractivity contribution in [2.75, 3.05) is 7.11 Å². The summed E-state index contributed by atoms with van der Waals surface area (Å²) in [6.45, 7) is 0.231. The number of benzene rings is 2. The van der Waals surface area contributed by atoms with Crippen LogP contribution in [0.25, 0.3) is 22.5 Å². The van der Waals surface area contributed by atoms with Crippen molar-refractivity contribution < 1.29 is 9.26 Å². The van der Waals surface area contributed by atoms with Gasteiger partial charge in [0.25, 0.3) is 0 Å². The molecule has 0 aliphatic rings. The highest BCUT2D eigenvalue weighted by Gasteiger charge is 2.12. The molecule has 3 rings (SSSR count). The van der Waals surface area contributed by atoms with Gasteiger partial charge in [-0.05, 0) is 23.8 Å². The highest BCUT2D eigenvalue weighted by molar-refractivity contribution is 5.75. The first kappa shape index (κ1) is 13.3. The number of methoxy groups -OCH3 is 1. The largest absolute Gasteiger partial charge is 0.496 e. The molecule has 0 radical (unpaired) electrons. The van der Waals surface area contributed by atoms with Gasteiger partial charge in [0.1, 0.15) is 5.75 Å². The molecule has 106 valence electrons. The van der Waals surface area contributed by atoms with Crippen LogP contribution in [0, 0.1) is 0 Å². The van der Waals surface area contributed by atoms with Crippen LogP contribution in [0.3, 0.4) is 0 Å². The molecule has 0 unspecified atom stereocenters. The maximum atomic E-state index is 5.49. The number of ether oxygens (including phenoxy) is 1. The van der Waals surface area contributed by atoms with Gasteiger partial charge in [-0.3, -0.25) is 0 Å². The molecule has 1 aromatic heterocycles. The van der Waals surface area contributed by atoms with Gasteiger partial charge in [0.2, 0.25) is 11.7 Å². The maximum Gasteiger partial charge on any atom is 0.240 e. The molecule has 5 heteroatoms. The zero-order chi connectivity index (χ0) is 14.7. The molecule has 0 aliphatic carbocycles. The van der Waals surface area contributed by atoms with Crippen LogP contribution < -0.4 is 10.5 Å². The van der Waals surface area contributed by atoms with E-state index in [-0.39, 0.29) is 6.54 Å². The van der Waals surface area contributed by atoms with Gasteiger partial charge >= 0.3 is 0 Å². The second-order valence-electron chi connectivity index (χ2n) is 4.50. The lowest BCUT2D eigenvalue weighted by atomic mass is 10.0. The third-order valence-corrected chi connectivity index (χ3v) is 3.19. The Morgan fingerprint density at radius 3 is 2.57 bits per heavy atom. The lowest BCUT2D eigenvalue weighted by Crippen LogP contribution is -1.95. The highest BCUT2D eigenvalue weighted by Crippen LogP contribution is 2.33. The number of aromatic nitrogens is 2. The molecule has 0 fully saturated rings. The fraction of sp³-hybridized carbons (Fsp3) is 0.125. The Morgan fingerprint density at radius 1 is 1.10 bits per heavy atom. The van der Waals surface area contributed by atoms with Crippen LogP contribution in [0.15, 0.2) is 53.1 Å². The van der Waals surface area contributed by atoms with E-state index >= 15 is 0 Å². The first-order valence-electron chi connectivity index (χ1n) is 6.58. The summed E-state index contributed by atoms with van der Waals surface area (Å²) in [7, 11) is 1.66. The number of nitrogens with zero attached hydrogens (tertiary/aromatic N) is 2. The lowest BCUT2D eigenvalue weighted by Gasteiger charge is -2.09. The van der Waals surface area contributed by atoms with E-state index < -0.39 is 0 Å². The quantitative estimate of drug-likeness (QED) is 0.796. The summed E-state index contributed by atoms with van der Waals surface area (Å²) in [6.07, 6.45) is 0. The van der Waals surface area contributed by atoms with Crippen molar-refractivity contribution in [1.29, 1.82) is 0 Å². The molecular weight excluding hydrogens is 266 g/mol. The average molecular weight is 281 g/mol. The predicted octanol–water partition coefficient (Wildman–Crippen LogP) is 2.87. The zero-order valence-electron chi connectivity index (χ0n) is 11.6. The van der Waals surface area contributed by atoms with Crippen molar-refractivity contribution in [1.82, 2.24) is 10.1 Å². The van der Waals surface area contributed by atoms with Crippen molar-refractivity contribution in [2.45, 2.75) is 6.54 Å². The van der Waals surface area contributed by atoms with E-state index in [1.165, 1.54) is 0 Å². The first-order chi connectivity index (χ1) is 10.3. The predicted molar refractivity (Wildman–Crippen MR) is 79.6 cm³/mol. The Hall–Kier alpha value is -2.66. The van der Waals surface area contributed by atoms with Crippen LogP contribution in [0.5, 0.6) is 5.75 Å². The molecule has 5 nitrogen and oxygen atoms in total. The minimum atomic E-state index is 0.231. The summed E-state index contributed by atoms with van der Waals surface area (Å²) < 4.78 is 10.5. The van der Waals surface area contributed by atoms with E-state index in [0.29, 0.717) is 11.7 Å². The van der Waals surface area contributed by atoms with Crippen LogP contribution in [-0.4, -0.2) is 17.3 Å². The molecule has 0 bridgehead atoms. The summed E-state index contributed by atoms with van der Waals surface area (Å²) in [5.41, 5.74) is 8.40. The van der Waals surface area contributed by atoms with Crippen molar-refractivity contribution in [3.8, 4) is 28.3 Å². The van der Waals surface area contributed by atoms with Crippen molar-refractivity contribution in [3.63, 3.8) is 0 Å². The third kappa shape index (κ3) is 2.64. The lowest BCUT2D eigenvalue weighted by molar-refractivity contribution is 0.380. The van der Waals surface area contributed by atoms with E-state index in [9.17, 15) is 0 Å². The van der Waals surface area contributed by atoms with Crippen LogP contribution in [0.1, 0.15) is 5.89 Å². The number of hydrogen-bond acceptors (Lipinski definition) is 5. The molecule has 2 N–H and O–H groups in total. The van der Waals surface area contributed by atoms with Gasteiger partial charge in [-0.2, -0.15) is 4.98 Å². The normalized spacial score (nSPS) is 10.6. The van der Waals surface area contributed by atoms with E-state index in [1.807, 2.05) is 48.5 Å². The van der Waals surface area contributed by atoms with Gasteiger partial charge in [0.15, 0.2) is 0 Å². The van der Waals surface area contributed by atoms with Gasteiger partial charge < -0.3 is 15.0 Å². The molecule has 21 heavy (non-hydrogen) atoms. The van der Waals surface area contributed by atoms with Gasteiger partial charge in [-0.25, -0.2) is 0 Å². The van der Waals surface area contributed by atoms with Gasteiger partial charge in [0.05, 0.1) is 13.7 Å². The van der Waals surface area contributed by atoms with Gasteiger partial charge in [-0.1, -0.05) is 35.5 Å². The smallest absolute Gasteiger partial charge is 0.240 e. The molecule has 0 amide bonds. The zero-order valence-corrected chi connectivity index (χ0v) is 11.6. The van der Waals surface area contributed by atoms with Crippen molar-refractivity contribution in [3.05, 3.63) is 54.4 Å². The summed E-state index contributed by atoms with van der Waals surface area (Å²) in [4.78, 5) is 4.25. The monoisotopic (exact) mass is 281 g/mol. The Bertz CT molecular complexity index is 738. The molecule has 0 atom stereocenters. The van der Waals surface area contributed by atoms with Crippen LogP contribution in [0.2, 0.25) is 0 Å². The molecule has 0 aliphatic heterocycles. The van der Waals surface area contributed by atoms with Gasteiger partial charge in [0, 0.05) is 11.1 Å². The molecule has 0 spiro atoms. The van der Waals surface area contributed by atoms with Crippen LogP contribution in [0.4, 0.5) is 0 Å². The molecule has 3 aromatic rings. The van der Waals surface area contributed by atoms with E-state index in [0.717, 1.165) is 22.4 Å².